The lowest BCUT2D eigenvalue weighted by Gasteiger charge is -2.29. The molecule has 2 heterocycles. The molecule has 1 unspecified atom stereocenters. The van der Waals surface area contributed by atoms with E-state index in [1.165, 1.54) is 17.0 Å². The van der Waals surface area contributed by atoms with E-state index in [0.29, 0.717) is 28.8 Å². The van der Waals surface area contributed by atoms with E-state index in [2.05, 4.69) is 5.32 Å². The summed E-state index contributed by atoms with van der Waals surface area (Å²) in [6.07, 6.45) is -6.33. The Hall–Kier alpha value is -3.83. The van der Waals surface area contributed by atoms with E-state index in [-0.39, 0.29) is 31.6 Å². The Kier molecular flexibility index (Phi) is 7.50. The maximum absolute atomic E-state index is 15.0. The van der Waals surface area contributed by atoms with Crippen LogP contribution in [0.5, 0.6) is 5.75 Å². The Morgan fingerprint density at radius 2 is 1.77 bits per heavy atom. The summed E-state index contributed by atoms with van der Waals surface area (Å²) in [6.45, 7) is 3.19. The highest BCUT2D eigenvalue weighted by Gasteiger charge is 2.47. The van der Waals surface area contributed by atoms with Gasteiger partial charge in [0.05, 0.1) is 11.7 Å². The first-order valence-electron chi connectivity index (χ1n) is 12.2. The van der Waals surface area contributed by atoms with Gasteiger partial charge in [0, 0.05) is 30.5 Å². The summed E-state index contributed by atoms with van der Waals surface area (Å²) in [5, 5.41) is 2.19. The number of rotatable bonds is 8. The predicted octanol–water partition coefficient (Wildman–Crippen LogP) is 4.55. The maximum Gasteiger partial charge on any atom is 0.417 e. The van der Waals surface area contributed by atoms with Crippen LogP contribution in [0, 0.1) is 0 Å². The van der Waals surface area contributed by atoms with Crippen LogP contribution in [-0.4, -0.2) is 40.6 Å². The second-order valence-electron chi connectivity index (χ2n) is 9.76. The van der Waals surface area contributed by atoms with Crippen molar-refractivity contribution in [3.8, 4) is 5.75 Å². The van der Waals surface area contributed by atoms with Crippen LogP contribution in [0.4, 0.5) is 22.0 Å². The van der Waals surface area contributed by atoms with Crippen LogP contribution >= 0.6 is 0 Å². The fourth-order valence-electron chi connectivity index (χ4n) is 4.73. The highest BCUT2D eigenvalue weighted by Crippen LogP contribution is 2.42. The molecule has 2 aromatic carbocycles. The molecule has 0 aliphatic carbocycles. The number of ketones is 1. The van der Waals surface area contributed by atoms with Crippen LogP contribution in [0.2, 0.25) is 0 Å². The van der Waals surface area contributed by atoms with E-state index in [1.807, 2.05) is 0 Å². The summed E-state index contributed by atoms with van der Waals surface area (Å²) in [5.41, 5.74) is -1.85. The van der Waals surface area contributed by atoms with Gasteiger partial charge in [0.25, 0.3) is 5.91 Å². The van der Waals surface area contributed by atoms with Crippen molar-refractivity contribution >= 4 is 23.5 Å². The van der Waals surface area contributed by atoms with Crippen molar-refractivity contribution in [2.45, 2.75) is 70.3 Å². The second kappa shape index (κ2) is 10.4. The van der Waals surface area contributed by atoms with Crippen LogP contribution in [-0.2, 0) is 39.4 Å². The molecule has 2 aliphatic heterocycles. The third-order valence-corrected chi connectivity index (χ3v) is 6.59. The topological polar surface area (TPSA) is 92.8 Å². The number of benzene rings is 2. The minimum Gasteiger partial charge on any atom is -0.491 e. The number of Topliss-reactive ketones (excluding diaryl/α,β-unsaturated/α-hetero) is 1. The smallest absolute Gasteiger partial charge is 0.417 e. The number of hydrogen-bond donors (Lipinski definition) is 1. The number of imide groups is 1. The Labute approximate surface area is 220 Å². The standard InChI is InChI=1S/C27H25F5N2O5/c1-14(2)39-17-5-7-19(20(12-17)27(30,31)32)26(28,29)22(35)9-4-15-3-6-18-16(11-15)13-34(25(18)38)21-8-10-23(36)33-24(21)37/h3,5-7,11-12,14,21H,4,8-10,13H2,1-2H3,(H,33,36,37). The van der Waals surface area contributed by atoms with Crippen molar-refractivity contribution in [2.24, 2.45) is 0 Å². The highest BCUT2D eigenvalue weighted by atomic mass is 19.4. The van der Waals surface area contributed by atoms with Crippen molar-refractivity contribution in [1.82, 2.24) is 10.2 Å². The van der Waals surface area contributed by atoms with Gasteiger partial charge >= 0.3 is 12.1 Å². The van der Waals surface area contributed by atoms with Crippen LogP contribution < -0.4 is 10.1 Å². The van der Waals surface area contributed by atoms with Gasteiger partial charge in [-0.2, -0.15) is 22.0 Å². The number of nitrogens with zero attached hydrogens (tertiary/aromatic N) is 1. The average Bonchev–Trinajstić information content (AvgIpc) is 3.16. The molecule has 1 N–H and O–H groups in total. The minimum absolute atomic E-state index is 0.0537. The van der Waals surface area contributed by atoms with Crippen molar-refractivity contribution < 1.29 is 45.9 Å². The summed E-state index contributed by atoms with van der Waals surface area (Å²) in [4.78, 5) is 50.2. The van der Waals surface area contributed by atoms with Crippen LogP contribution in [0.1, 0.15) is 65.7 Å². The average molecular weight is 552 g/mol. The van der Waals surface area contributed by atoms with Gasteiger partial charge in [0.15, 0.2) is 0 Å². The zero-order chi connectivity index (χ0) is 28.7. The molecule has 7 nitrogen and oxygen atoms in total. The summed E-state index contributed by atoms with van der Waals surface area (Å²) in [7, 11) is 0. The molecule has 0 bridgehead atoms. The van der Waals surface area contributed by atoms with Gasteiger partial charge in [-0.25, -0.2) is 0 Å². The highest BCUT2D eigenvalue weighted by molar-refractivity contribution is 6.05. The summed E-state index contributed by atoms with van der Waals surface area (Å²) in [5.74, 6) is -7.76. The number of halogens is 5. The third kappa shape index (κ3) is 5.79. The van der Waals surface area contributed by atoms with Crippen molar-refractivity contribution in [3.05, 3.63) is 64.2 Å². The number of hydrogen-bond acceptors (Lipinski definition) is 5. The van der Waals surface area contributed by atoms with Crippen LogP contribution in [0.25, 0.3) is 0 Å². The van der Waals surface area contributed by atoms with E-state index in [4.69, 9.17) is 4.74 Å². The number of fused-ring (bicyclic) bond motifs is 1. The Morgan fingerprint density at radius 1 is 1.05 bits per heavy atom. The zero-order valence-corrected chi connectivity index (χ0v) is 21.0. The minimum atomic E-state index is -5.14. The summed E-state index contributed by atoms with van der Waals surface area (Å²) < 4.78 is 76.1. The number of carbonyl (C=O) groups excluding carboxylic acids is 4. The van der Waals surface area contributed by atoms with E-state index in [9.17, 15) is 32.3 Å². The number of ether oxygens (including phenoxy) is 1. The molecule has 0 radical (unpaired) electrons. The number of piperidine rings is 1. The lowest BCUT2D eigenvalue weighted by molar-refractivity contribution is -0.151. The first-order chi connectivity index (χ1) is 18.2. The molecular weight excluding hydrogens is 527 g/mol. The van der Waals surface area contributed by atoms with Gasteiger partial charge in [0.1, 0.15) is 11.8 Å². The zero-order valence-electron chi connectivity index (χ0n) is 21.0. The van der Waals surface area contributed by atoms with E-state index in [0.717, 1.165) is 6.07 Å². The monoisotopic (exact) mass is 552 g/mol. The van der Waals surface area contributed by atoms with E-state index in [1.54, 1.807) is 19.9 Å². The number of amides is 3. The molecule has 1 fully saturated rings. The quantitative estimate of drug-likeness (QED) is 0.383. The van der Waals surface area contributed by atoms with Gasteiger partial charge in [-0.3, -0.25) is 24.5 Å². The normalized spacial score (nSPS) is 17.9. The number of aryl methyl sites for hydroxylation is 1. The molecule has 1 atom stereocenters. The molecule has 39 heavy (non-hydrogen) atoms. The second-order valence-corrected chi connectivity index (χ2v) is 9.76. The van der Waals surface area contributed by atoms with Crippen LogP contribution in [0.3, 0.4) is 0 Å². The fraction of sp³-hybridized carbons (Fsp3) is 0.407. The number of alkyl halides is 5. The van der Waals surface area contributed by atoms with E-state index < -0.39 is 65.3 Å². The molecule has 0 saturated carbocycles. The lowest BCUT2D eigenvalue weighted by Crippen LogP contribution is -2.52. The van der Waals surface area contributed by atoms with Gasteiger partial charge in [-0.05, 0) is 62.1 Å². The summed E-state index contributed by atoms with van der Waals surface area (Å²) in [6, 6.07) is 5.63. The lowest BCUT2D eigenvalue weighted by atomic mass is 9.94. The molecule has 4 rings (SSSR count). The first kappa shape index (κ1) is 28.2. The molecule has 0 spiro atoms. The van der Waals surface area contributed by atoms with Crippen LogP contribution in [0.15, 0.2) is 36.4 Å². The van der Waals surface area contributed by atoms with Crippen molar-refractivity contribution in [1.29, 1.82) is 0 Å². The predicted molar refractivity (Wildman–Crippen MR) is 127 cm³/mol. The molecule has 12 heteroatoms. The molecule has 2 aromatic rings. The van der Waals surface area contributed by atoms with Crippen molar-refractivity contribution in [3.63, 3.8) is 0 Å². The van der Waals surface area contributed by atoms with Crippen molar-refractivity contribution in [2.75, 3.05) is 0 Å². The van der Waals surface area contributed by atoms with Gasteiger partial charge < -0.3 is 9.64 Å². The molecule has 0 aromatic heterocycles. The molecule has 2 aliphatic rings. The number of carbonyl (C=O) groups is 4. The first-order valence-corrected chi connectivity index (χ1v) is 12.2. The van der Waals surface area contributed by atoms with Gasteiger partial charge in [-0.1, -0.05) is 12.1 Å². The Balaban J connectivity index is 1.48. The number of nitrogens with one attached hydrogen (secondary N) is 1. The Bertz CT molecular complexity index is 1340. The molecule has 208 valence electrons. The fourth-order valence-corrected chi connectivity index (χ4v) is 4.73. The third-order valence-electron chi connectivity index (χ3n) is 6.59. The molecule has 3 amide bonds. The Morgan fingerprint density at radius 3 is 2.41 bits per heavy atom. The van der Waals surface area contributed by atoms with Gasteiger partial charge in [0.2, 0.25) is 17.6 Å². The maximum atomic E-state index is 15.0. The SMILES string of the molecule is CC(C)Oc1ccc(C(F)(F)C(=O)CCc2ccc3c(c2)CN(C2CCC(=O)NC2=O)C3=O)c(C(F)(F)F)c1. The molecular formula is C27H25F5N2O5. The molecule has 1 saturated heterocycles. The summed E-state index contributed by atoms with van der Waals surface area (Å²) >= 11 is 0. The van der Waals surface area contributed by atoms with E-state index >= 15 is 8.78 Å². The largest absolute Gasteiger partial charge is 0.491 e. The van der Waals surface area contributed by atoms with Gasteiger partial charge in [-0.15, -0.1) is 0 Å².